The summed E-state index contributed by atoms with van der Waals surface area (Å²) in [7, 11) is 4.43. The fraction of sp³-hybridized carbons (Fsp3) is 0.235. The highest BCUT2D eigenvalue weighted by Crippen LogP contribution is 2.40. The molecule has 0 unspecified atom stereocenters. The van der Waals surface area contributed by atoms with Crippen molar-refractivity contribution in [1.29, 1.82) is 0 Å². The molecule has 0 bridgehead atoms. The predicted octanol–water partition coefficient (Wildman–Crippen LogP) is 3.76. The molecule has 0 N–H and O–H groups in total. The lowest BCUT2D eigenvalue weighted by atomic mass is 10.1. The van der Waals surface area contributed by atoms with Crippen LogP contribution in [-0.2, 0) is 11.2 Å². The Morgan fingerprint density at radius 3 is 2.25 bits per heavy atom. The van der Waals surface area contributed by atoms with Crippen LogP contribution in [0.25, 0.3) is 0 Å². The van der Waals surface area contributed by atoms with E-state index < -0.39 is 11.8 Å². The number of benzene rings is 2. The fourth-order valence-electron chi connectivity index (χ4n) is 2.17. The lowest BCUT2D eigenvalue weighted by Gasteiger charge is -2.15. The quantitative estimate of drug-likeness (QED) is 0.547. The van der Waals surface area contributed by atoms with Crippen molar-refractivity contribution in [3.63, 3.8) is 0 Å². The van der Waals surface area contributed by atoms with Gasteiger partial charge in [0, 0.05) is 10.0 Å². The molecule has 24 heavy (non-hydrogen) atoms. The lowest BCUT2D eigenvalue weighted by molar-refractivity contribution is -0.133. The van der Waals surface area contributed by atoms with Crippen LogP contribution >= 0.6 is 15.9 Å². The van der Waals surface area contributed by atoms with Crippen LogP contribution < -0.4 is 18.9 Å². The second-order valence-electron chi connectivity index (χ2n) is 4.72. The SMILES string of the molecule is COc1ccc(CC(=O)Oc2ccc(Br)cc2F)c(OC)c1OC. The Hall–Kier alpha value is -2.28. The number of hydrogen-bond acceptors (Lipinski definition) is 5. The predicted molar refractivity (Wildman–Crippen MR) is 89.5 cm³/mol. The van der Waals surface area contributed by atoms with E-state index in [1.807, 2.05) is 0 Å². The first-order valence-corrected chi connectivity index (χ1v) is 7.73. The minimum atomic E-state index is -0.628. The largest absolute Gasteiger partial charge is 0.493 e. The van der Waals surface area contributed by atoms with Crippen LogP contribution in [0, 0.1) is 5.82 Å². The van der Waals surface area contributed by atoms with Crippen LogP contribution in [0.4, 0.5) is 4.39 Å². The van der Waals surface area contributed by atoms with Gasteiger partial charge < -0.3 is 18.9 Å². The summed E-state index contributed by atoms with van der Waals surface area (Å²) in [5.74, 6) is -0.169. The van der Waals surface area contributed by atoms with E-state index in [-0.39, 0.29) is 12.2 Å². The molecule has 2 rings (SSSR count). The molecule has 0 aliphatic rings. The molecular formula is C17H16BrFO5. The van der Waals surface area contributed by atoms with Gasteiger partial charge in [-0.05, 0) is 24.3 Å². The normalized spacial score (nSPS) is 10.2. The summed E-state index contributed by atoms with van der Waals surface area (Å²) in [6.45, 7) is 0. The van der Waals surface area contributed by atoms with E-state index in [0.717, 1.165) is 0 Å². The van der Waals surface area contributed by atoms with E-state index in [1.165, 1.54) is 33.5 Å². The van der Waals surface area contributed by atoms with Gasteiger partial charge >= 0.3 is 5.97 Å². The molecule has 0 radical (unpaired) electrons. The molecule has 0 aliphatic heterocycles. The first-order chi connectivity index (χ1) is 11.5. The Kier molecular flexibility index (Phi) is 6.03. The molecule has 2 aromatic rings. The molecule has 2 aromatic carbocycles. The van der Waals surface area contributed by atoms with Crippen LogP contribution in [-0.4, -0.2) is 27.3 Å². The van der Waals surface area contributed by atoms with Gasteiger partial charge in [0.1, 0.15) is 0 Å². The molecule has 0 fully saturated rings. The standard InChI is InChI=1S/C17H16BrFO5/c1-21-14-6-4-10(16(22-2)17(14)23-3)8-15(20)24-13-7-5-11(18)9-12(13)19/h4-7,9H,8H2,1-3H3. The maximum absolute atomic E-state index is 13.7. The summed E-state index contributed by atoms with van der Waals surface area (Å²) >= 11 is 3.14. The summed E-state index contributed by atoms with van der Waals surface area (Å²) in [4.78, 5) is 12.1. The molecule has 0 heterocycles. The zero-order valence-corrected chi connectivity index (χ0v) is 15.0. The van der Waals surface area contributed by atoms with Gasteiger partial charge in [-0.25, -0.2) is 4.39 Å². The maximum Gasteiger partial charge on any atom is 0.315 e. The zero-order valence-electron chi connectivity index (χ0n) is 13.4. The number of ether oxygens (including phenoxy) is 4. The average Bonchev–Trinajstić information content (AvgIpc) is 2.56. The Morgan fingerprint density at radius 1 is 1.00 bits per heavy atom. The van der Waals surface area contributed by atoms with Gasteiger partial charge in [-0.3, -0.25) is 4.79 Å². The number of esters is 1. The van der Waals surface area contributed by atoms with Gasteiger partial charge in [-0.1, -0.05) is 22.0 Å². The summed E-state index contributed by atoms with van der Waals surface area (Å²) in [6.07, 6.45) is -0.112. The van der Waals surface area contributed by atoms with Gasteiger partial charge in [0.25, 0.3) is 0 Å². The molecule has 0 aromatic heterocycles. The van der Waals surface area contributed by atoms with Crippen LogP contribution in [0.1, 0.15) is 5.56 Å². The van der Waals surface area contributed by atoms with Crippen molar-refractivity contribution >= 4 is 21.9 Å². The van der Waals surface area contributed by atoms with Gasteiger partial charge in [-0.2, -0.15) is 0 Å². The van der Waals surface area contributed by atoms with Crippen molar-refractivity contribution in [2.24, 2.45) is 0 Å². The highest BCUT2D eigenvalue weighted by Gasteiger charge is 2.19. The minimum absolute atomic E-state index is 0.112. The third-order valence-corrected chi connectivity index (χ3v) is 3.73. The lowest BCUT2D eigenvalue weighted by Crippen LogP contribution is -2.13. The number of rotatable bonds is 6. The molecule has 0 spiro atoms. The monoisotopic (exact) mass is 398 g/mol. The zero-order chi connectivity index (χ0) is 17.7. The first kappa shape index (κ1) is 18.1. The average molecular weight is 399 g/mol. The van der Waals surface area contributed by atoms with E-state index >= 15 is 0 Å². The smallest absolute Gasteiger partial charge is 0.315 e. The highest BCUT2D eigenvalue weighted by atomic mass is 79.9. The van der Waals surface area contributed by atoms with Crippen LogP contribution in [0.15, 0.2) is 34.8 Å². The maximum atomic E-state index is 13.7. The molecule has 0 aliphatic carbocycles. The summed E-state index contributed by atoms with van der Waals surface area (Å²) in [6, 6.07) is 7.51. The minimum Gasteiger partial charge on any atom is -0.493 e. The van der Waals surface area contributed by atoms with Crippen LogP contribution in [0.3, 0.4) is 0 Å². The molecule has 0 amide bonds. The second-order valence-corrected chi connectivity index (χ2v) is 5.63. The molecule has 0 saturated heterocycles. The van der Waals surface area contributed by atoms with Crippen LogP contribution in [0.5, 0.6) is 23.0 Å². The number of carbonyl (C=O) groups is 1. The Morgan fingerprint density at radius 2 is 1.67 bits per heavy atom. The number of methoxy groups -OCH3 is 3. The van der Waals surface area contributed by atoms with Crippen molar-refractivity contribution in [1.82, 2.24) is 0 Å². The summed E-state index contributed by atoms with van der Waals surface area (Å²) in [5.41, 5.74) is 0.540. The Bertz CT molecular complexity index is 748. The fourth-order valence-corrected chi connectivity index (χ4v) is 2.51. The number of hydrogen-bond donors (Lipinski definition) is 0. The molecular weight excluding hydrogens is 383 g/mol. The van der Waals surface area contributed by atoms with Crippen molar-refractivity contribution in [2.45, 2.75) is 6.42 Å². The number of carbonyl (C=O) groups excluding carboxylic acids is 1. The van der Waals surface area contributed by atoms with Gasteiger partial charge in [0.15, 0.2) is 23.1 Å². The van der Waals surface area contributed by atoms with Crippen molar-refractivity contribution in [3.05, 3.63) is 46.2 Å². The summed E-state index contributed by atoms with van der Waals surface area (Å²) in [5, 5.41) is 0. The van der Waals surface area contributed by atoms with E-state index in [4.69, 9.17) is 18.9 Å². The van der Waals surface area contributed by atoms with Gasteiger partial charge in [-0.15, -0.1) is 0 Å². The first-order valence-electron chi connectivity index (χ1n) is 6.93. The third-order valence-electron chi connectivity index (χ3n) is 3.24. The summed E-state index contributed by atoms with van der Waals surface area (Å²) < 4.78 is 35.1. The molecule has 7 heteroatoms. The van der Waals surface area contributed by atoms with E-state index in [1.54, 1.807) is 18.2 Å². The van der Waals surface area contributed by atoms with Crippen molar-refractivity contribution in [3.8, 4) is 23.0 Å². The molecule has 5 nitrogen and oxygen atoms in total. The second kappa shape index (κ2) is 8.01. The molecule has 128 valence electrons. The van der Waals surface area contributed by atoms with E-state index in [0.29, 0.717) is 27.3 Å². The van der Waals surface area contributed by atoms with Crippen molar-refractivity contribution in [2.75, 3.05) is 21.3 Å². The number of halogens is 2. The van der Waals surface area contributed by atoms with Crippen LogP contribution in [0.2, 0.25) is 0 Å². The molecule has 0 saturated carbocycles. The third kappa shape index (κ3) is 3.97. The van der Waals surface area contributed by atoms with E-state index in [9.17, 15) is 9.18 Å². The Labute approximate surface area is 147 Å². The highest BCUT2D eigenvalue weighted by molar-refractivity contribution is 9.10. The Balaban J connectivity index is 2.22. The molecule has 0 atom stereocenters. The topological polar surface area (TPSA) is 54.0 Å². The van der Waals surface area contributed by atoms with Crippen molar-refractivity contribution < 1.29 is 28.1 Å². The van der Waals surface area contributed by atoms with Gasteiger partial charge in [0.2, 0.25) is 5.75 Å². The van der Waals surface area contributed by atoms with E-state index in [2.05, 4.69) is 15.9 Å². The van der Waals surface area contributed by atoms with Gasteiger partial charge in [0.05, 0.1) is 27.8 Å².